The zero-order valence-electron chi connectivity index (χ0n) is 37.8. The van der Waals surface area contributed by atoms with Gasteiger partial charge in [0.1, 0.15) is 22.3 Å². The summed E-state index contributed by atoms with van der Waals surface area (Å²) in [4.78, 5) is 0. The molecule has 4 nitrogen and oxygen atoms in total. The molecule has 0 bridgehead atoms. The molecular weight excluding hydrogens is 853 g/mol. The number of hydrogen-bond donors (Lipinski definition) is 0. The van der Waals surface area contributed by atoms with E-state index in [9.17, 15) is 0 Å². The summed E-state index contributed by atoms with van der Waals surface area (Å²) in [5, 5.41) is 9.39. The van der Waals surface area contributed by atoms with Gasteiger partial charge in [-0.1, -0.05) is 140 Å². The minimum atomic E-state index is 0.886. The Labute approximate surface area is 402 Å². The van der Waals surface area contributed by atoms with Crippen LogP contribution in [0.15, 0.2) is 251 Å². The highest BCUT2D eigenvalue weighted by Crippen LogP contribution is 2.42. The summed E-state index contributed by atoms with van der Waals surface area (Å²) in [6.45, 7) is 0. The Morgan fingerprint density at radius 3 is 0.886 bits per heavy atom. The number of benzene rings is 11. The standard InChI is InChI=1S/C66H40N2O2/c1-7-22-59-51(16-1)52-17-2-8-23-60(52)67(59)49-35-45(33-47(37-49)43-28-30-65-57(39-43)55-20-5-11-26-63(55)69-65)41-14-13-15-42(32-41)46-34-48(44-29-31-66-58(40-44)56-21-6-12-27-64(56)70-66)38-50(36-46)68-61-24-9-3-18-53(61)54-19-4-10-25-62(54)68/h1-40H. The van der Waals surface area contributed by atoms with Crippen molar-refractivity contribution in [3.05, 3.63) is 243 Å². The number of para-hydroxylation sites is 6. The largest absolute Gasteiger partial charge is 0.456 e. The highest BCUT2D eigenvalue weighted by Gasteiger charge is 2.19. The fourth-order valence-electron chi connectivity index (χ4n) is 11.2. The summed E-state index contributed by atoms with van der Waals surface area (Å²) in [5.41, 5.74) is 19.5. The van der Waals surface area contributed by atoms with Gasteiger partial charge in [-0.3, -0.25) is 0 Å². The van der Waals surface area contributed by atoms with E-state index in [1.165, 1.54) is 43.6 Å². The lowest BCUT2D eigenvalue weighted by Gasteiger charge is -2.16. The highest BCUT2D eigenvalue weighted by atomic mass is 16.3. The number of furan rings is 2. The minimum Gasteiger partial charge on any atom is -0.456 e. The van der Waals surface area contributed by atoms with Crippen molar-refractivity contribution < 1.29 is 8.83 Å². The van der Waals surface area contributed by atoms with E-state index in [4.69, 9.17) is 8.83 Å². The molecule has 0 saturated carbocycles. The molecule has 0 radical (unpaired) electrons. The molecule has 4 aromatic heterocycles. The van der Waals surface area contributed by atoms with E-state index in [1.54, 1.807) is 0 Å². The van der Waals surface area contributed by atoms with Crippen LogP contribution in [0, 0.1) is 0 Å². The summed E-state index contributed by atoms with van der Waals surface area (Å²) in [7, 11) is 0. The van der Waals surface area contributed by atoms with Gasteiger partial charge in [0.2, 0.25) is 0 Å². The number of fused-ring (bicyclic) bond motifs is 12. The van der Waals surface area contributed by atoms with Gasteiger partial charge in [-0.25, -0.2) is 0 Å². The fourth-order valence-corrected chi connectivity index (χ4v) is 11.2. The molecular formula is C66H40N2O2. The van der Waals surface area contributed by atoms with Crippen LogP contribution >= 0.6 is 0 Å². The predicted octanol–water partition coefficient (Wildman–Crippen LogP) is 18.3. The molecule has 4 heteroatoms. The Hall–Kier alpha value is -9.38. The highest BCUT2D eigenvalue weighted by molar-refractivity contribution is 6.11. The SMILES string of the molecule is c1cc(-c2cc(-c3ccc4oc5ccccc5c4c3)cc(-n3c4ccccc4c4ccccc43)c2)cc(-c2cc(-c3ccc4oc5ccccc5c4c3)cc(-n3c4ccccc4c4ccccc43)c2)c1. The summed E-state index contributed by atoms with van der Waals surface area (Å²) in [5.74, 6) is 0. The molecule has 0 aliphatic carbocycles. The lowest BCUT2D eigenvalue weighted by atomic mass is 9.93. The van der Waals surface area contributed by atoms with E-state index in [-0.39, 0.29) is 0 Å². The van der Waals surface area contributed by atoms with Gasteiger partial charge in [-0.05, 0) is 148 Å². The first-order valence-corrected chi connectivity index (χ1v) is 23.9. The molecule has 0 amide bonds. The predicted molar refractivity (Wildman–Crippen MR) is 291 cm³/mol. The number of hydrogen-bond acceptors (Lipinski definition) is 2. The molecule has 0 N–H and O–H groups in total. The van der Waals surface area contributed by atoms with Crippen LogP contribution in [0.25, 0.3) is 143 Å². The van der Waals surface area contributed by atoms with E-state index < -0.39 is 0 Å². The van der Waals surface area contributed by atoms with Crippen LogP contribution in [0.1, 0.15) is 0 Å². The molecule has 0 fully saturated rings. The third-order valence-corrected chi connectivity index (χ3v) is 14.5. The van der Waals surface area contributed by atoms with Crippen LogP contribution in [-0.4, -0.2) is 9.13 Å². The summed E-state index contributed by atoms with van der Waals surface area (Å²) >= 11 is 0. The Morgan fingerprint density at radius 1 is 0.200 bits per heavy atom. The van der Waals surface area contributed by atoms with Crippen molar-refractivity contribution in [3.8, 4) is 55.9 Å². The molecule has 0 aliphatic rings. The van der Waals surface area contributed by atoms with Crippen molar-refractivity contribution in [1.82, 2.24) is 9.13 Å². The zero-order valence-corrected chi connectivity index (χ0v) is 37.8. The van der Waals surface area contributed by atoms with Gasteiger partial charge >= 0.3 is 0 Å². The first-order valence-electron chi connectivity index (χ1n) is 23.9. The third kappa shape index (κ3) is 5.97. The Morgan fingerprint density at radius 2 is 0.500 bits per heavy atom. The summed E-state index contributed by atoms with van der Waals surface area (Å²) in [6, 6.07) is 88.0. The molecule has 15 rings (SSSR count). The average Bonchev–Trinajstić information content (AvgIpc) is 4.18. The monoisotopic (exact) mass is 892 g/mol. The first-order chi connectivity index (χ1) is 34.7. The van der Waals surface area contributed by atoms with Crippen molar-refractivity contribution in [2.24, 2.45) is 0 Å². The first kappa shape index (κ1) is 38.7. The lowest BCUT2D eigenvalue weighted by molar-refractivity contribution is 0.668. The molecule has 11 aromatic carbocycles. The number of rotatable bonds is 6. The van der Waals surface area contributed by atoms with Crippen LogP contribution in [0.3, 0.4) is 0 Å². The van der Waals surface area contributed by atoms with Gasteiger partial charge in [0, 0.05) is 54.5 Å². The number of aromatic nitrogens is 2. The smallest absolute Gasteiger partial charge is 0.135 e. The van der Waals surface area contributed by atoms with Gasteiger partial charge in [0.25, 0.3) is 0 Å². The Balaban J connectivity index is 0.950. The lowest BCUT2D eigenvalue weighted by Crippen LogP contribution is -1.97. The fraction of sp³-hybridized carbons (Fsp3) is 0. The van der Waals surface area contributed by atoms with Crippen LogP contribution in [0.4, 0.5) is 0 Å². The van der Waals surface area contributed by atoms with Crippen LogP contribution in [0.5, 0.6) is 0 Å². The van der Waals surface area contributed by atoms with Gasteiger partial charge in [-0.2, -0.15) is 0 Å². The Bertz CT molecular complexity index is 4220. The molecule has 0 aliphatic heterocycles. The quantitative estimate of drug-likeness (QED) is 0.167. The van der Waals surface area contributed by atoms with Gasteiger partial charge < -0.3 is 18.0 Å². The second kappa shape index (κ2) is 15.1. The van der Waals surface area contributed by atoms with Crippen molar-refractivity contribution in [2.45, 2.75) is 0 Å². The molecule has 70 heavy (non-hydrogen) atoms. The van der Waals surface area contributed by atoms with Gasteiger partial charge in [-0.15, -0.1) is 0 Å². The van der Waals surface area contributed by atoms with Crippen molar-refractivity contribution in [1.29, 1.82) is 0 Å². The van der Waals surface area contributed by atoms with Crippen molar-refractivity contribution in [2.75, 3.05) is 0 Å². The minimum absolute atomic E-state index is 0.886. The molecule has 0 spiro atoms. The maximum absolute atomic E-state index is 6.30. The molecule has 4 heterocycles. The van der Waals surface area contributed by atoms with E-state index >= 15 is 0 Å². The van der Waals surface area contributed by atoms with E-state index in [0.717, 1.165) is 99.8 Å². The Kier molecular flexibility index (Phi) is 8.33. The zero-order chi connectivity index (χ0) is 45.9. The van der Waals surface area contributed by atoms with E-state index in [1.807, 2.05) is 24.3 Å². The molecule has 15 aromatic rings. The molecule has 0 unspecified atom stereocenters. The van der Waals surface area contributed by atoms with Crippen LogP contribution in [0.2, 0.25) is 0 Å². The van der Waals surface area contributed by atoms with Crippen LogP contribution in [-0.2, 0) is 0 Å². The number of nitrogens with zero attached hydrogens (tertiary/aromatic N) is 2. The summed E-state index contributed by atoms with van der Waals surface area (Å²) < 4.78 is 17.5. The topological polar surface area (TPSA) is 36.1 Å². The molecule has 0 atom stereocenters. The van der Waals surface area contributed by atoms with Crippen molar-refractivity contribution >= 4 is 87.5 Å². The second-order valence-electron chi connectivity index (χ2n) is 18.5. The maximum Gasteiger partial charge on any atom is 0.135 e. The van der Waals surface area contributed by atoms with Crippen LogP contribution < -0.4 is 0 Å². The third-order valence-electron chi connectivity index (χ3n) is 14.5. The van der Waals surface area contributed by atoms with Gasteiger partial charge in [0.15, 0.2) is 0 Å². The van der Waals surface area contributed by atoms with E-state index in [2.05, 4.69) is 228 Å². The normalized spacial score (nSPS) is 12.0. The van der Waals surface area contributed by atoms with Crippen molar-refractivity contribution in [3.63, 3.8) is 0 Å². The average molecular weight is 893 g/mol. The van der Waals surface area contributed by atoms with E-state index in [0.29, 0.717) is 0 Å². The summed E-state index contributed by atoms with van der Waals surface area (Å²) in [6.07, 6.45) is 0. The van der Waals surface area contributed by atoms with Gasteiger partial charge in [0.05, 0.1) is 22.1 Å². The second-order valence-corrected chi connectivity index (χ2v) is 18.5. The molecule has 0 saturated heterocycles. The molecule has 326 valence electrons. The maximum atomic E-state index is 6.30.